The zero-order valence-corrected chi connectivity index (χ0v) is 11.3. The van der Waals surface area contributed by atoms with Gasteiger partial charge in [0.05, 0.1) is 11.6 Å². The maximum Gasteiger partial charge on any atom is 0.147 e. The summed E-state index contributed by atoms with van der Waals surface area (Å²) in [5, 5.41) is 11.4. The molecule has 2 aromatic rings. The van der Waals surface area contributed by atoms with Gasteiger partial charge in [-0.3, -0.25) is 0 Å². The van der Waals surface area contributed by atoms with Crippen LogP contribution in [-0.4, -0.2) is 16.2 Å². The Balaban J connectivity index is 2.20. The lowest BCUT2D eigenvalue weighted by atomic mass is 10.1. The number of aliphatic hydroxyl groups excluding tert-OH is 1. The van der Waals surface area contributed by atoms with Crippen LogP contribution in [0, 0.1) is 0 Å². The number of aliphatic hydroxyl groups is 1. The molecule has 1 atom stereocenters. The molecule has 1 aromatic carbocycles. The minimum absolute atomic E-state index is 0.0661. The fourth-order valence-electron chi connectivity index (χ4n) is 2.45. The minimum Gasteiger partial charge on any atom is -0.489 e. The Morgan fingerprint density at radius 1 is 1.26 bits per heavy atom. The van der Waals surface area contributed by atoms with Crippen LogP contribution in [0.5, 0.6) is 0 Å². The Morgan fingerprint density at radius 2 is 2.00 bits per heavy atom. The molecule has 3 heteroatoms. The van der Waals surface area contributed by atoms with Gasteiger partial charge in [-0.05, 0) is 32.9 Å². The summed E-state index contributed by atoms with van der Waals surface area (Å²) in [5.41, 5.74) is 3.38. The van der Waals surface area contributed by atoms with E-state index in [1.165, 1.54) is 0 Å². The zero-order chi connectivity index (χ0) is 13.6. The Morgan fingerprint density at radius 3 is 2.74 bits per heavy atom. The van der Waals surface area contributed by atoms with Crippen molar-refractivity contribution in [3.05, 3.63) is 47.2 Å². The molecule has 0 saturated carbocycles. The third-order valence-electron chi connectivity index (χ3n) is 3.38. The lowest BCUT2D eigenvalue weighted by Gasteiger charge is -2.12. The lowest BCUT2D eigenvalue weighted by Crippen LogP contribution is -2.03. The van der Waals surface area contributed by atoms with Crippen LogP contribution in [0.25, 0.3) is 16.7 Å². The second-order valence-electron chi connectivity index (χ2n) is 5.20. The highest BCUT2D eigenvalue weighted by molar-refractivity contribution is 5.84. The molecule has 3 rings (SSSR count). The first-order chi connectivity index (χ1) is 9.08. The van der Waals surface area contributed by atoms with E-state index in [9.17, 15) is 5.11 Å². The number of hydrogen-bond donors (Lipinski definition) is 1. The molecule has 0 fully saturated rings. The van der Waals surface area contributed by atoms with Crippen LogP contribution in [0.3, 0.4) is 0 Å². The Bertz CT molecular complexity index is 674. The van der Waals surface area contributed by atoms with E-state index < -0.39 is 6.10 Å². The van der Waals surface area contributed by atoms with Gasteiger partial charge >= 0.3 is 0 Å². The summed E-state index contributed by atoms with van der Waals surface area (Å²) in [6.45, 7) is 5.85. The lowest BCUT2D eigenvalue weighted by molar-refractivity contribution is 0.193. The number of nitrogens with zero attached hydrogens (tertiary/aromatic N) is 1. The van der Waals surface area contributed by atoms with Gasteiger partial charge in [0.1, 0.15) is 17.6 Å². The molecule has 1 N–H and O–H groups in total. The molecule has 0 radical (unpaired) electrons. The quantitative estimate of drug-likeness (QED) is 0.893. The molecule has 0 aliphatic heterocycles. The topological polar surface area (TPSA) is 42.4 Å². The van der Waals surface area contributed by atoms with Crippen LogP contribution < -0.4 is 0 Å². The van der Waals surface area contributed by atoms with Gasteiger partial charge in [-0.1, -0.05) is 18.2 Å². The molecule has 1 aliphatic carbocycles. The number of hydrogen-bond acceptors (Lipinski definition) is 3. The average Bonchev–Trinajstić information content (AvgIpc) is 2.61. The second kappa shape index (κ2) is 4.35. The van der Waals surface area contributed by atoms with Gasteiger partial charge in [-0.15, -0.1) is 0 Å². The van der Waals surface area contributed by atoms with Gasteiger partial charge < -0.3 is 9.84 Å². The fourth-order valence-corrected chi connectivity index (χ4v) is 2.45. The van der Waals surface area contributed by atoms with Gasteiger partial charge in [-0.2, -0.15) is 0 Å². The first kappa shape index (κ1) is 12.2. The van der Waals surface area contributed by atoms with E-state index in [1.807, 2.05) is 51.1 Å². The molecule has 1 aliphatic rings. The number of rotatable bonds is 2. The number of benzene rings is 1. The summed E-state index contributed by atoms with van der Waals surface area (Å²) in [6.07, 6.45) is -0.544. The molecule has 0 saturated heterocycles. The molecule has 98 valence electrons. The highest BCUT2D eigenvalue weighted by atomic mass is 16.5. The molecule has 0 spiro atoms. The number of pyridine rings is 1. The van der Waals surface area contributed by atoms with E-state index in [4.69, 9.17) is 4.74 Å². The van der Waals surface area contributed by atoms with Crippen LogP contribution in [0.1, 0.15) is 38.1 Å². The molecule has 1 unspecified atom stereocenters. The molecule has 1 heterocycles. The standard InChI is InChI=1S/C16H17NO2/c1-9(2)19-16-10(3)15(18)12-8-11-6-4-5-7-13(11)17-14(12)16/h4-9,15,18H,1-3H3. The summed E-state index contributed by atoms with van der Waals surface area (Å²) in [4.78, 5) is 4.65. The molecule has 0 amide bonds. The zero-order valence-electron chi connectivity index (χ0n) is 11.3. The molecular weight excluding hydrogens is 238 g/mol. The van der Waals surface area contributed by atoms with E-state index >= 15 is 0 Å². The monoisotopic (exact) mass is 255 g/mol. The van der Waals surface area contributed by atoms with Crippen molar-refractivity contribution in [1.29, 1.82) is 0 Å². The average molecular weight is 255 g/mol. The first-order valence-electron chi connectivity index (χ1n) is 6.53. The largest absolute Gasteiger partial charge is 0.489 e. The van der Waals surface area contributed by atoms with Crippen molar-refractivity contribution in [2.75, 3.05) is 0 Å². The van der Waals surface area contributed by atoms with Crippen molar-refractivity contribution in [3.63, 3.8) is 0 Å². The highest BCUT2D eigenvalue weighted by Crippen LogP contribution is 2.41. The SMILES string of the molecule is CC1=C(OC(C)C)c2nc3ccccc3cc2C1O. The summed E-state index contributed by atoms with van der Waals surface area (Å²) in [6, 6.07) is 9.92. The number of aromatic nitrogens is 1. The fraction of sp³-hybridized carbons (Fsp3) is 0.312. The van der Waals surface area contributed by atoms with Crippen LogP contribution in [-0.2, 0) is 4.74 Å². The smallest absolute Gasteiger partial charge is 0.147 e. The van der Waals surface area contributed by atoms with E-state index in [-0.39, 0.29) is 6.10 Å². The van der Waals surface area contributed by atoms with Crippen LogP contribution >= 0.6 is 0 Å². The normalized spacial score (nSPS) is 18.3. The predicted molar refractivity (Wildman–Crippen MR) is 75.5 cm³/mol. The Hall–Kier alpha value is -1.87. The van der Waals surface area contributed by atoms with Crippen molar-refractivity contribution in [1.82, 2.24) is 4.98 Å². The molecular formula is C16H17NO2. The van der Waals surface area contributed by atoms with Crippen molar-refractivity contribution in [2.45, 2.75) is 33.0 Å². The predicted octanol–water partition coefficient (Wildman–Crippen LogP) is 3.44. The van der Waals surface area contributed by atoms with E-state index in [0.29, 0.717) is 0 Å². The third-order valence-corrected chi connectivity index (χ3v) is 3.38. The number of fused-ring (bicyclic) bond motifs is 2. The van der Waals surface area contributed by atoms with E-state index in [0.717, 1.165) is 33.5 Å². The number of ether oxygens (including phenoxy) is 1. The molecule has 19 heavy (non-hydrogen) atoms. The van der Waals surface area contributed by atoms with Crippen molar-refractivity contribution < 1.29 is 9.84 Å². The van der Waals surface area contributed by atoms with Crippen LogP contribution in [0.2, 0.25) is 0 Å². The second-order valence-corrected chi connectivity index (χ2v) is 5.20. The van der Waals surface area contributed by atoms with Crippen molar-refractivity contribution >= 4 is 16.7 Å². The highest BCUT2D eigenvalue weighted by Gasteiger charge is 2.30. The van der Waals surface area contributed by atoms with Gasteiger partial charge in [0.25, 0.3) is 0 Å². The van der Waals surface area contributed by atoms with E-state index in [2.05, 4.69) is 4.98 Å². The summed E-state index contributed by atoms with van der Waals surface area (Å²) in [5.74, 6) is 0.725. The molecule has 1 aromatic heterocycles. The Kier molecular flexibility index (Phi) is 2.79. The Labute approximate surface area is 112 Å². The van der Waals surface area contributed by atoms with Gasteiger partial charge in [0, 0.05) is 16.5 Å². The van der Waals surface area contributed by atoms with Crippen molar-refractivity contribution in [2.24, 2.45) is 0 Å². The van der Waals surface area contributed by atoms with Crippen LogP contribution in [0.4, 0.5) is 0 Å². The maximum absolute atomic E-state index is 10.3. The van der Waals surface area contributed by atoms with E-state index in [1.54, 1.807) is 0 Å². The molecule has 3 nitrogen and oxygen atoms in total. The third kappa shape index (κ3) is 1.90. The number of para-hydroxylation sites is 1. The maximum atomic E-state index is 10.3. The summed E-state index contributed by atoms with van der Waals surface area (Å²) in [7, 11) is 0. The molecule has 0 bridgehead atoms. The van der Waals surface area contributed by atoms with Gasteiger partial charge in [0.15, 0.2) is 0 Å². The summed E-state index contributed by atoms with van der Waals surface area (Å²) < 4.78 is 5.83. The minimum atomic E-state index is -0.610. The van der Waals surface area contributed by atoms with Crippen LogP contribution in [0.15, 0.2) is 35.9 Å². The van der Waals surface area contributed by atoms with Gasteiger partial charge in [0.2, 0.25) is 0 Å². The van der Waals surface area contributed by atoms with Gasteiger partial charge in [-0.25, -0.2) is 4.98 Å². The first-order valence-corrected chi connectivity index (χ1v) is 6.53. The summed E-state index contributed by atoms with van der Waals surface area (Å²) >= 11 is 0. The van der Waals surface area contributed by atoms with Crippen molar-refractivity contribution in [3.8, 4) is 0 Å².